The number of nitrogens with zero attached hydrogens (tertiary/aromatic N) is 5. The minimum Gasteiger partial charge on any atom is -0.371 e. The number of para-hydroxylation sites is 1. The molecule has 5 rings (SSSR count). The van der Waals surface area contributed by atoms with Gasteiger partial charge in [0.1, 0.15) is 0 Å². The first-order chi connectivity index (χ1) is 13.7. The second-order valence-corrected chi connectivity index (χ2v) is 8.13. The summed E-state index contributed by atoms with van der Waals surface area (Å²) in [6, 6.07) is 10.6. The van der Waals surface area contributed by atoms with E-state index in [1.807, 2.05) is 12.3 Å². The van der Waals surface area contributed by atoms with E-state index in [4.69, 9.17) is 4.74 Å². The number of morpholine rings is 1. The van der Waals surface area contributed by atoms with E-state index in [9.17, 15) is 0 Å². The summed E-state index contributed by atoms with van der Waals surface area (Å²) in [7, 11) is 0. The van der Waals surface area contributed by atoms with Gasteiger partial charge < -0.3 is 9.64 Å². The van der Waals surface area contributed by atoms with Crippen LogP contribution < -0.4 is 4.90 Å². The lowest BCUT2D eigenvalue weighted by Gasteiger charge is -2.44. The average molecular weight is 377 g/mol. The lowest BCUT2D eigenvalue weighted by molar-refractivity contribution is -0.0639. The van der Waals surface area contributed by atoms with Crippen molar-refractivity contribution in [1.82, 2.24) is 19.7 Å². The van der Waals surface area contributed by atoms with Gasteiger partial charge in [0, 0.05) is 23.7 Å². The smallest absolute Gasteiger partial charge is 0.227 e. The van der Waals surface area contributed by atoms with Crippen molar-refractivity contribution in [3.63, 3.8) is 0 Å². The van der Waals surface area contributed by atoms with Gasteiger partial charge in [-0.1, -0.05) is 31.0 Å². The molecule has 2 fully saturated rings. The standard InChI is InChI=1S/C22H27N5O/c1-3-26-20(18-10-6-8-17-9-7-13-23-19(17)18)24-25-21(26)27-15-22(11-4-5-12-22)28-14-16(27)2/h6-10,13,16H,3-5,11-12,14-15H2,1-2H3. The van der Waals surface area contributed by atoms with Gasteiger partial charge in [-0.3, -0.25) is 9.55 Å². The van der Waals surface area contributed by atoms with Crippen LogP contribution in [0.1, 0.15) is 39.5 Å². The minimum absolute atomic E-state index is 0.00179. The maximum absolute atomic E-state index is 6.30. The molecule has 2 aromatic heterocycles. The third kappa shape index (κ3) is 2.78. The van der Waals surface area contributed by atoms with Crippen molar-refractivity contribution in [2.75, 3.05) is 18.1 Å². The minimum atomic E-state index is -0.00179. The highest BCUT2D eigenvalue weighted by Gasteiger charge is 2.43. The Hall–Kier alpha value is -2.47. The quantitative estimate of drug-likeness (QED) is 0.689. The second-order valence-electron chi connectivity index (χ2n) is 8.13. The summed E-state index contributed by atoms with van der Waals surface area (Å²) in [6.45, 7) is 6.85. The fourth-order valence-electron chi connectivity index (χ4n) is 4.77. The number of aromatic nitrogens is 4. The van der Waals surface area contributed by atoms with Crippen molar-refractivity contribution in [2.24, 2.45) is 0 Å². The molecule has 1 aromatic carbocycles. The third-order valence-electron chi connectivity index (χ3n) is 6.31. The number of benzene rings is 1. The zero-order chi connectivity index (χ0) is 19.1. The molecule has 0 amide bonds. The predicted octanol–water partition coefficient (Wildman–Crippen LogP) is 4.05. The Labute approximate surface area is 165 Å². The Bertz CT molecular complexity index is 986. The monoisotopic (exact) mass is 377 g/mol. The zero-order valence-electron chi connectivity index (χ0n) is 16.6. The summed E-state index contributed by atoms with van der Waals surface area (Å²) in [5, 5.41) is 10.4. The topological polar surface area (TPSA) is 56.1 Å². The summed E-state index contributed by atoms with van der Waals surface area (Å²) in [5.41, 5.74) is 2.01. The highest BCUT2D eigenvalue weighted by molar-refractivity contribution is 5.91. The number of fused-ring (bicyclic) bond motifs is 1. The van der Waals surface area contributed by atoms with Crippen LogP contribution >= 0.6 is 0 Å². The van der Waals surface area contributed by atoms with E-state index in [2.05, 4.69) is 62.8 Å². The Balaban J connectivity index is 1.58. The van der Waals surface area contributed by atoms with E-state index in [0.29, 0.717) is 6.04 Å². The lowest BCUT2D eigenvalue weighted by Crippen LogP contribution is -2.55. The van der Waals surface area contributed by atoms with Crippen LogP contribution in [0.25, 0.3) is 22.3 Å². The van der Waals surface area contributed by atoms with Gasteiger partial charge in [-0.05, 0) is 38.8 Å². The molecule has 1 spiro atoms. The number of rotatable bonds is 3. The van der Waals surface area contributed by atoms with E-state index >= 15 is 0 Å². The van der Waals surface area contributed by atoms with Crippen molar-refractivity contribution in [3.05, 3.63) is 36.5 Å². The molecule has 1 saturated heterocycles. The molecule has 1 aliphatic carbocycles. The van der Waals surface area contributed by atoms with Crippen LogP contribution in [0.15, 0.2) is 36.5 Å². The van der Waals surface area contributed by atoms with Gasteiger partial charge in [0.05, 0.1) is 30.3 Å². The highest BCUT2D eigenvalue weighted by atomic mass is 16.5. The zero-order valence-corrected chi connectivity index (χ0v) is 16.6. The molecule has 2 aliphatic rings. The van der Waals surface area contributed by atoms with Gasteiger partial charge >= 0.3 is 0 Å². The molecule has 1 atom stereocenters. The van der Waals surface area contributed by atoms with Gasteiger partial charge in [-0.15, -0.1) is 10.2 Å². The van der Waals surface area contributed by atoms with Gasteiger partial charge in [-0.25, -0.2) is 0 Å². The summed E-state index contributed by atoms with van der Waals surface area (Å²) in [4.78, 5) is 7.02. The Morgan fingerprint density at radius 2 is 1.96 bits per heavy atom. The fraction of sp³-hybridized carbons (Fsp3) is 0.500. The Morgan fingerprint density at radius 1 is 1.14 bits per heavy atom. The molecular formula is C22H27N5O. The summed E-state index contributed by atoms with van der Waals surface area (Å²) in [6.07, 6.45) is 6.66. The SMILES string of the molecule is CCn1c(-c2cccc3cccnc23)nnc1N1CC2(CCCC2)OCC1C. The Morgan fingerprint density at radius 3 is 2.79 bits per heavy atom. The summed E-state index contributed by atoms with van der Waals surface area (Å²) < 4.78 is 8.53. The molecule has 0 bridgehead atoms. The van der Waals surface area contributed by atoms with Gasteiger partial charge in [-0.2, -0.15) is 0 Å². The number of anilines is 1. The van der Waals surface area contributed by atoms with Crippen molar-refractivity contribution in [3.8, 4) is 11.4 Å². The van der Waals surface area contributed by atoms with Gasteiger partial charge in [0.15, 0.2) is 5.82 Å². The van der Waals surface area contributed by atoms with E-state index in [1.165, 1.54) is 12.8 Å². The lowest BCUT2D eigenvalue weighted by atomic mass is 9.98. The molecule has 3 heterocycles. The molecule has 1 aliphatic heterocycles. The highest BCUT2D eigenvalue weighted by Crippen LogP contribution is 2.39. The fourth-order valence-corrected chi connectivity index (χ4v) is 4.77. The molecule has 3 aromatic rings. The Kier molecular flexibility index (Phi) is 4.31. The van der Waals surface area contributed by atoms with Crippen molar-refractivity contribution < 1.29 is 4.74 Å². The largest absolute Gasteiger partial charge is 0.371 e. The number of pyridine rings is 1. The average Bonchev–Trinajstić information content (AvgIpc) is 3.36. The van der Waals surface area contributed by atoms with Crippen LogP contribution in [-0.4, -0.2) is 44.5 Å². The van der Waals surface area contributed by atoms with Crippen LogP contribution in [0.5, 0.6) is 0 Å². The van der Waals surface area contributed by atoms with Gasteiger partial charge in [0.25, 0.3) is 0 Å². The first kappa shape index (κ1) is 17.6. The molecule has 28 heavy (non-hydrogen) atoms. The van der Waals surface area contributed by atoms with Crippen molar-refractivity contribution >= 4 is 16.9 Å². The van der Waals surface area contributed by atoms with Crippen molar-refractivity contribution in [2.45, 2.75) is 57.7 Å². The third-order valence-corrected chi connectivity index (χ3v) is 6.31. The van der Waals surface area contributed by atoms with Crippen molar-refractivity contribution in [1.29, 1.82) is 0 Å². The van der Waals surface area contributed by atoms with E-state index in [-0.39, 0.29) is 5.60 Å². The summed E-state index contributed by atoms with van der Waals surface area (Å²) in [5.74, 6) is 1.84. The second kappa shape index (κ2) is 6.85. The normalized spacial score (nSPS) is 21.6. The maximum atomic E-state index is 6.30. The van der Waals surface area contributed by atoms with Crippen LogP contribution in [0, 0.1) is 0 Å². The number of hydrogen-bond donors (Lipinski definition) is 0. The van der Waals surface area contributed by atoms with Crippen LogP contribution in [-0.2, 0) is 11.3 Å². The molecule has 0 N–H and O–H groups in total. The van der Waals surface area contributed by atoms with Gasteiger partial charge in [0.2, 0.25) is 5.95 Å². The first-order valence-corrected chi connectivity index (χ1v) is 10.4. The van der Waals surface area contributed by atoms with Crippen LogP contribution in [0.2, 0.25) is 0 Å². The van der Waals surface area contributed by atoms with E-state index < -0.39 is 0 Å². The van der Waals surface area contributed by atoms with E-state index in [0.717, 1.165) is 60.8 Å². The molecule has 146 valence electrons. The van der Waals surface area contributed by atoms with Crippen LogP contribution in [0.4, 0.5) is 5.95 Å². The molecule has 1 saturated carbocycles. The van der Waals surface area contributed by atoms with Crippen LogP contribution in [0.3, 0.4) is 0 Å². The molecule has 1 unspecified atom stereocenters. The van der Waals surface area contributed by atoms with E-state index in [1.54, 1.807) is 0 Å². The molecule has 0 radical (unpaired) electrons. The molecule has 6 heteroatoms. The summed E-state index contributed by atoms with van der Waals surface area (Å²) >= 11 is 0. The maximum Gasteiger partial charge on any atom is 0.227 e. The number of hydrogen-bond acceptors (Lipinski definition) is 5. The molecular weight excluding hydrogens is 350 g/mol. The molecule has 6 nitrogen and oxygen atoms in total. The number of ether oxygens (including phenoxy) is 1. The predicted molar refractivity (Wildman–Crippen MR) is 110 cm³/mol. The first-order valence-electron chi connectivity index (χ1n) is 10.4.